The zero-order valence-electron chi connectivity index (χ0n) is 54.7. The maximum absolute atomic E-state index is 12.9. The lowest BCUT2D eigenvalue weighted by Crippen LogP contribution is -2.44. The fourth-order valence-electron chi connectivity index (χ4n) is 8.70. The summed E-state index contributed by atoms with van der Waals surface area (Å²) in [5.74, 6) is -2.33. The number of esters is 2. The zero-order valence-corrected chi connectivity index (χ0v) is 54.7. The Balaban J connectivity index is 4.24. The Kier molecular flexibility index (Phi) is 61.0. The molecule has 85 heavy (non-hydrogen) atoms. The van der Waals surface area contributed by atoms with Crippen LogP contribution in [0.25, 0.3) is 0 Å². The van der Waals surface area contributed by atoms with Crippen LogP contribution in [0.2, 0.25) is 0 Å². The van der Waals surface area contributed by atoms with Crippen molar-refractivity contribution in [3.63, 3.8) is 0 Å². The number of aliphatic carboxylic acids is 1. The van der Waals surface area contributed by atoms with Gasteiger partial charge >= 0.3 is 11.9 Å². The summed E-state index contributed by atoms with van der Waals surface area (Å²) in [7, 11) is 5.91. The number of carboxylic acid groups (broad SMARTS) is 1. The molecular formula is C76H123NO8. The second-order valence-electron chi connectivity index (χ2n) is 23.0. The summed E-state index contributed by atoms with van der Waals surface area (Å²) in [4.78, 5) is 37.5. The van der Waals surface area contributed by atoms with Crippen LogP contribution < -0.4 is 5.11 Å². The Labute approximate surface area is 521 Å². The van der Waals surface area contributed by atoms with Crippen molar-refractivity contribution in [1.29, 1.82) is 0 Å². The molecule has 0 aromatic carbocycles. The van der Waals surface area contributed by atoms with Crippen molar-refractivity contribution < 1.29 is 42.9 Å². The lowest BCUT2D eigenvalue weighted by atomic mass is 10.0. The van der Waals surface area contributed by atoms with E-state index in [0.717, 1.165) is 128 Å². The second-order valence-corrected chi connectivity index (χ2v) is 23.0. The van der Waals surface area contributed by atoms with Crippen LogP contribution in [0.4, 0.5) is 0 Å². The lowest BCUT2D eigenvalue weighted by molar-refractivity contribution is -0.870. The van der Waals surface area contributed by atoms with E-state index in [9.17, 15) is 19.5 Å². The highest BCUT2D eigenvalue weighted by Crippen LogP contribution is 2.16. The van der Waals surface area contributed by atoms with Gasteiger partial charge in [-0.3, -0.25) is 9.59 Å². The van der Waals surface area contributed by atoms with Crippen LogP contribution in [0.15, 0.2) is 158 Å². The molecule has 0 saturated heterocycles. The highest BCUT2D eigenvalue weighted by atomic mass is 16.7. The van der Waals surface area contributed by atoms with E-state index in [4.69, 9.17) is 18.9 Å². The van der Waals surface area contributed by atoms with Gasteiger partial charge in [0, 0.05) is 12.8 Å². The van der Waals surface area contributed by atoms with Crippen molar-refractivity contribution in [3.05, 3.63) is 158 Å². The Bertz CT molecular complexity index is 1950. The van der Waals surface area contributed by atoms with Crippen molar-refractivity contribution in [2.75, 3.05) is 47.5 Å². The third-order valence-electron chi connectivity index (χ3n) is 13.8. The van der Waals surface area contributed by atoms with Gasteiger partial charge in [-0.2, -0.15) is 0 Å². The van der Waals surface area contributed by atoms with Gasteiger partial charge in [-0.1, -0.05) is 268 Å². The summed E-state index contributed by atoms with van der Waals surface area (Å²) in [6.45, 7) is 4.48. The minimum absolute atomic E-state index is 0.134. The smallest absolute Gasteiger partial charge is 0.306 e. The van der Waals surface area contributed by atoms with Gasteiger partial charge in [0.2, 0.25) is 0 Å². The van der Waals surface area contributed by atoms with Gasteiger partial charge in [0.15, 0.2) is 12.4 Å². The Morgan fingerprint density at radius 3 is 0.941 bits per heavy atom. The summed E-state index contributed by atoms with van der Waals surface area (Å²) in [5, 5.41) is 11.8. The molecule has 0 aromatic heterocycles. The summed E-state index contributed by atoms with van der Waals surface area (Å²) >= 11 is 0. The zero-order chi connectivity index (χ0) is 61.9. The molecule has 0 aliphatic rings. The average Bonchev–Trinajstić information content (AvgIpc) is 3.48. The first-order valence-electron chi connectivity index (χ1n) is 33.6. The summed E-state index contributed by atoms with van der Waals surface area (Å²) in [6, 6.07) is 0. The number of hydrogen-bond donors (Lipinski definition) is 0. The Morgan fingerprint density at radius 2 is 0.635 bits per heavy atom. The highest BCUT2D eigenvalue weighted by molar-refractivity contribution is 5.70. The number of likely N-dealkylation sites (N-methyl/N-ethyl adjacent to an activating group) is 1. The van der Waals surface area contributed by atoms with Crippen molar-refractivity contribution in [2.45, 2.75) is 257 Å². The van der Waals surface area contributed by atoms with E-state index in [-0.39, 0.29) is 38.6 Å². The number of hydrogen-bond acceptors (Lipinski definition) is 8. The maximum atomic E-state index is 12.9. The molecule has 0 saturated carbocycles. The predicted molar refractivity (Wildman–Crippen MR) is 361 cm³/mol. The van der Waals surface area contributed by atoms with E-state index < -0.39 is 24.3 Å². The number of carbonyl (C=O) groups is 3. The normalized spacial score (nSPS) is 13.8. The summed E-state index contributed by atoms with van der Waals surface area (Å²) in [6.07, 6.45) is 93.1. The van der Waals surface area contributed by atoms with Gasteiger partial charge in [0.25, 0.3) is 0 Å². The molecule has 0 rings (SSSR count). The van der Waals surface area contributed by atoms with Crippen LogP contribution in [0, 0.1) is 0 Å². The van der Waals surface area contributed by atoms with E-state index in [1.807, 2.05) is 21.1 Å². The second kappa shape index (κ2) is 64.9. The Morgan fingerprint density at radius 1 is 0.353 bits per heavy atom. The lowest BCUT2D eigenvalue weighted by Gasteiger charge is -2.26. The molecular weight excluding hydrogens is 1050 g/mol. The third kappa shape index (κ3) is 66.3. The number of carboxylic acids is 1. The molecule has 0 aliphatic carbocycles. The van der Waals surface area contributed by atoms with Crippen LogP contribution in [0.1, 0.15) is 245 Å². The van der Waals surface area contributed by atoms with Crippen LogP contribution >= 0.6 is 0 Å². The van der Waals surface area contributed by atoms with E-state index in [1.165, 1.54) is 83.5 Å². The molecule has 2 unspecified atom stereocenters. The molecule has 0 bridgehead atoms. The SMILES string of the molecule is CC/C=C\C/C=C\C/C=C\C/C=C\C/C=C\C/C=C\C/C=C\C/C=C\CCCCCCC(=O)OC(COC(=O)CCCCCCCCCCCCCCCCC/C=C\C/C=C\C/C=C\C/C=C\C/C=C\CC)COC(OCC[N+](C)(C)C)C(=O)[O-]. The molecule has 9 heteroatoms. The van der Waals surface area contributed by atoms with Gasteiger partial charge in [-0.15, -0.1) is 0 Å². The Hall–Kier alpha value is -5.09. The molecule has 0 amide bonds. The first-order valence-corrected chi connectivity index (χ1v) is 33.6. The number of allylic oxidation sites excluding steroid dienone is 26. The number of unbranched alkanes of at least 4 members (excludes halogenated alkanes) is 19. The van der Waals surface area contributed by atoms with Gasteiger partial charge in [0.1, 0.15) is 13.2 Å². The molecule has 0 N–H and O–H groups in total. The van der Waals surface area contributed by atoms with E-state index in [1.54, 1.807) is 0 Å². The number of rotatable bonds is 60. The number of ether oxygens (including phenoxy) is 4. The molecule has 480 valence electrons. The minimum atomic E-state index is -1.64. The van der Waals surface area contributed by atoms with Gasteiger partial charge < -0.3 is 33.3 Å². The van der Waals surface area contributed by atoms with Gasteiger partial charge in [0.05, 0.1) is 40.3 Å². The van der Waals surface area contributed by atoms with Gasteiger partial charge in [-0.05, 0) is 122 Å². The van der Waals surface area contributed by atoms with Gasteiger partial charge in [-0.25, -0.2) is 0 Å². The van der Waals surface area contributed by atoms with Crippen molar-refractivity contribution in [2.24, 2.45) is 0 Å². The van der Waals surface area contributed by atoms with Crippen LogP contribution in [0.3, 0.4) is 0 Å². The highest BCUT2D eigenvalue weighted by Gasteiger charge is 2.22. The van der Waals surface area contributed by atoms with Crippen molar-refractivity contribution in [1.82, 2.24) is 0 Å². The maximum Gasteiger partial charge on any atom is 0.306 e. The van der Waals surface area contributed by atoms with Crippen molar-refractivity contribution in [3.8, 4) is 0 Å². The topological polar surface area (TPSA) is 111 Å². The fraction of sp³-hybridized carbons (Fsp3) is 0.618. The molecule has 0 fully saturated rings. The molecule has 0 aliphatic heterocycles. The number of nitrogens with zero attached hydrogens (tertiary/aromatic N) is 1. The number of carbonyl (C=O) groups excluding carboxylic acids is 3. The van der Waals surface area contributed by atoms with E-state index in [2.05, 4.69) is 172 Å². The standard InChI is InChI=1S/C76H123NO8/c1-6-8-10-12-14-16-18-20-22-24-26-28-30-32-34-36-37-39-40-42-44-46-48-50-52-54-56-58-60-62-64-66-73(78)83-70-72(71-84-76(75(80)81)82-69-68-77(3,4)5)85-74(79)67-65-63-61-59-57-55-53-51-49-47-45-43-41-38-35-33-31-29-27-25-23-21-19-17-15-13-11-9-7-2/h8-11,14-17,20-23,26-29,32-35,41,43,47,49,53,55,72,76H,6-7,12-13,18-19,24-25,30-31,36-40,42,44-46,48,50-52,54,56-71H2,1-5H3/b10-8-,11-9-,16-14-,17-15-,22-20-,23-21-,28-26-,29-27-,34-32-,35-33-,43-41-,49-47-,55-53-. The molecule has 2 atom stereocenters. The van der Waals surface area contributed by atoms with Crippen LogP contribution in [0.5, 0.6) is 0 Å². The quantitative estimate of drug-likeness (QED) is 0.0195. The molecule has 0 aromatic rings. The fourth-order valence-corrected chi connectivity index (χ4v) is 8.70. The molecule has 0 radical (unpaired) electrons. The minimum Gasteiger partial charge on any atom is -0.545 e. The van der Waals surface area contributed by atoms with E-state index >= 15 is 0 Å². The average molecular weight is 1180 g/mol. The first kappa shape index (κ1) is 79.9. The van der Waals surface area contributed by atoms with Crippen LogP contribution in [-0.2, 0) is 33.3 Å². The number of quaternary nitrogens is 1. The molecule has 0 spiro atoms. The summed E-state index contributed by atoms with van der Waals surface area (Å²) < 4.78 is 22.7. The largest absolute Gasteiger partial charge is 0.545 e. The summed E-state index contributed by atoms with van der Waals surface area (Å²) in [5.41, 5.74) is 0. The monoisotopic (exact) mass is 1180 g/mol. The molecule has 9 nitrogen and oxygen atoms in total. The van der Waals surface area contributed by atoms with Crippen molar-refractivity contribution >= 4 is 17.9 Å². The first-order chi connectivity index (χ1) is 41.6. The predicted octanol–water partition coefficient (Wildman–Crippen LogP) is 19.6. The van der Waals surface area contributed by atoms with E-state index in [0.29, 0.717) is 17.4 Å². The third-order valence-corrected chi connectivity index (χ3v) is 13.8. The van der Waals surface area contributed by atoms with Crippen LogP contribution in [-0.4, -0.2) is 82.3 Å². The molecule has 0 heterocycles.